The minimum absolute atomic E-state index is 0.0335. The third-order valence-corrected chi connectivity index (χ3v) is 4.68. The zero-order valence-electron chi connectivity index (χ0n) is 13.1. The number of nitrogens with zero attached hydrogens (tertiary/aromatic N) is 2. The highest BCUT2D eigenvalue weighted by Gasteiger charge is 2.23. The molecule has 0 aliphatic heterocycles. The Bertz CT molecular complexity index is 599. The van der Waals surface area contributed by atoms with Gasteiger partial charge in [0.05, 0.1) is 10.3 Å². The lowest BCUT2D eigenvalue weighted by Gasteiger charge is -2.19. The van der Waals surface area contributed by atoms with Crippen LogP contribution < -0.4 is 5.32 Å². The maximum atomic E-state index is 12.4. The van der Waals surface area contributed by atoms with Crippen molar-refractivity contribution < 1.29 is 4.79 Å². The van der Waals surface area contributed by atoms with E-state index >= 15 is 0 Å². The van der Waals surface area contributed by atoms with Crippen molar-refractivity contribution in [3.05, 3.63) is 54.0 Å². The quantitative estimate of drug-likeness (QED) is 0.832. The first-order chi connectivity index (χ1) is 10.6. The number of carbonyl (C=O) groups excluding carboxylic acids is 1. The van der Waals surface area contributed by atoms with Gasteiger partial charge in [0, 0.05) is 25.1 Å². The van der Waals surface area contributed by atoms with Crippen molar-refractivity contribution in [2.45, 2.75) is 37.6 Å². The van der Waals surface area contributed by atoms with Gasteiger partial charge < -0.3 is 5.32 Å². The molecule has 1 N–H and O–H groups in total. The molecule has 0 bridgehead atoms. The molecule has 116 valence electrons. The molecule has 1 atom stereocenters. The third-order valence-electron chi connectivity index (χ3n) is 3.19. The van der Waals surface area contributed by atoms with Gasteiger partial charge in [0.15, 0.2) is 0 Å². The van der Waals surface area contributed by atoms with Crippen LogP contribution in [0, 0.1) is 12.8 Å². The van der Waals surface area contributed by atoms with E-state index in [0.717, 1.165) is 16.2 Å². The topological polar surface area (TPSA) is 54.9 Å². The second-order valence-corrected chi connectivity index (χ2v) is 6.70. The average Bonchev–Trinajstić information content (AvgIpc) is 2.52. The van der Waals surface area contributed by atoms with Gasteiger partial charge in [-0.25, -0.2) is 4.98 Å². The van der Waals surface area contributed by atoms with Crippen molar-refractivity contribution in [3.8, 4) is 0 Å². The molecule has 2 aromatic heterocycles. The first-order valence-electron chi connectivity index (χ1n) is 7.32. The predicted molar refractivity (Wildman–Crippen MR) is 89.5 cm³/mol. The van der Waals surface area contributed by atoms with E-state index in [1.807, 2.05) is 37.4 Å². The van der Waals surface area contributed by atoms with Crippen molar-refractivity contribution in [1.29, 1.82) is 0 Å². The van der Waals surface area contributed by atoms with Crippen LogP contribution in [0.25, 0.3) is 0 Å². The summed E-state index contributed by atoms with van der Waals surface area (Å²) in [6.45, 7) is 6.60. The fourth-order valence-electron chi connectivity index (χ4n) is 1.94. The monoisotopic (exact) mass is 315 g/mol. The number of carbonyl (C=O) groups is 1. The number of nitrogens with one attached hydrogen (secondary N) is 1. The van der Waals surface area contributed by atoms with E-state index in [0.29, 0.717) is 6.54 Å². The molecule has 0 saturated carbocycles. The molecule has 0 aromatic carbocycles. The molecule has 0 aliphatic rings. The second kappa shape index (κ2) is 7.94. The third kappa shape index (κ3) is 4.84. The zero-order valence-corrected chi connectivity index (χ0v) is 13.9. The largest absolute Gasteiger partial charge is 0.351 e. The molecule has 22 heavy (non-hydrogen) atoms. The summed E-state index contributed by atoms with van der Waals surface area (Å²) in [5, 5.41) is 3.70. The molecule has 0 unspecified atom stereocenters. The van der Waals surface area contributed by atoms with Gasteiger partial charge in [0.2, 0.25) is 5.91 Å². The lowest BCUT2D eigenvalue weighted by atomic mass is 10.1. The maximum Gasteiger partial charge on any atom is 0.234 e. The van der Waals surface area contributed by atoms with Crippen molar-refractivity contribution in [1.82, 2.24) is 15.3 Å². The Labute approximate surface area is 135 Å². The van der Waals surface area contributed by atoms with Crippen LogP contribution in [0.2, 0.25) is 0 Å². The smallest absolute Gasteiger partial charge is 0.234 e. The van der Waals surface area contributed by atoms with Crippen molar-refractivity contribution in [2.24, 2.45) is 5.92 Å². The van der Waals surface area contributed by atoms with Crippen LogP contribution in [0.3, 0.4) is 0 Å². The van der Waals surface area contributed by atoms with Crippen LogP contribution in [0.5, 0.6) is 0 Å². The van der Waals surface area contributed by atoms with Crippen molar-refractivity contribution in [3.63, 3.8) is 0 Å². The molecule has 2 rings (SSSR count). The molecule has 2 heterocycles. The van der Waals surface area contributed by atoms with Gasteiger partial charge >= 0.3 is 0 Å². The van der Waals surface area contributed by atoms with Gasteiger partial charge in [0.1, 0.15) is 0 Å². The van der Waals surface area contributed by atoms with E-state index in [4.69, 9.17) is 0 Å². The van der Waals surface area contributed by atoms with E-state index in [1.165, 1.54) is 11.8 Å². The molecular formula is C17H21N3OS. The van der Waals surface area contributed by atoms with Crippen LogP contribution in [0.15, 0.2) is 47.9 Å². The number of hydrogen-bond donors (Lipinski definition) is 1. The molecule has 2 aromatic rings. The number of thioether (sulfide) groups is 1. The summed E-state index contributed by atoms with van der Waals surface area (Å²) in [6.07, 6.45) is 5.31. The average molecular weight is 315 g/mol. The standard InChI is InChI=1S/C17H21N3OS/c1-12(2)16(22-15-7-6-13(3)9-19-15)17(21)20-11-14-5-4-8-18-10-14/h4-10,12,16H,11H2,1-3H3,(H,20,21)/t16-/m1/s1. The summed E-state index contributed by atoms with van der Waals surface area (Å²) in [4.78, 5) is 20.9. The Morgan fingerprint density at radius 1 is 1.27 bits per heavy atom. The minimum Gasteiger partial charge on any atom is -0.351 e. The van der Waals surface area contributed by atoms with Crippen LogP contribution in [0.4, 0.5) is 0 Å². The molecule has 0 spiro atoms. The minimum atomic E-state index is -0.160. The highest BCUT2D eigenvalue weighted by molar-refractivity contribution is 8.00. The molecule has 0 radical (unpaired) electrons. The van der Waals surface area contributed by atoms with Gasteiger partial charge in [-0.05, 0) is 36.1 Å². The Kier molecular flexibility index (Phi) is 5.95. The molecule has 0 aliphatic carbocycles. The van der Waals surface area contributed by atoms with Gasteiger partial charge in [-0.1, -0.05) is 37.7 Å². The summed E-state index contributed by atoms with van der Waals surface area (Å²) < 4.78 is 0. The van der Waals surface area contributed by atoms with Gasteiger partial charge in [0.25, 0.3) is 0 Å². The fraction of sp³-hybridized carbons (Fsp3) is 0.353. The Hall–Kier alpha value is -1.88. The number of hydrogen-bond acceptors (Lipinski definition) is 4. The molecule has 0 fully saturated rings. The van der Waals surface area contributed by atoms with Crippen LogP contribution >= 0.6 is 11.8 Å². The zero-order chi connectivity index (χ0) is 15.9. The van der Waals surface area contributed by atoms with Crippen LogP contribution in [-0.2, 0) is 11.3 Å². The first-order valence-corrected chi connectivity index (χ1v) is 8.20. The molecule has 5 heteroatoms. The molecule has 4 nitrogen and oxygen atoms in total. The molecular weight excluding hydrogens is 294 g/mol. The molecule has 0 saturated heterocycles. The van der Waals surface area contributed by atoms with Gasteiger partial charge in [-0.2, -0.15) is 0 Å². The van der Waals surface area contributed by atoms with Gasteiger partial charge in [-0.15, -0.1) is 0 Å². The highest BCUT2D eigenvalue weighted by Crippen LogP contribution is 2.27. The number of amides is 1. The van der Waals surface area contributed by atoms with Crippen molar-refractivity contribution in [2.75, 3.05) is 0 Å². The number of aryl methyl sites for hydroxylation is 1. The summed E-state index contributed by atoms with van der Waals surface area (Å²) in [6, 6.07) is 7.79. The summed E-state index contributed by atoms with van der Waals surface area (Å²) in [5.74, 6) is 0.258. The summed E-state index contributed by atoms with van der Waals surface area (Å²) in [5.41, 5.74) is 2.11. The summed E-state index contributed by atoms with van der Waals surface area (Å²) >= 11 is 1.51. The summed E-state index contributed by atoms with van der Waals surface area (Å²) in [7, 11) is 0. The van der Waals surface area contributed by atoms with E-state index in [9.17, 15) is 4.79 Å². The molecule has 1 amide bonds. The lowest BCUT2D eigenvalue weighted by Crippen LogP contribution is -2.35. The number of pyridine rings is 2. The highest BCUT2D eigenvalue weighted by atomic mass is 32.2. The number of aromatic nitrogens is 2. The lowest BCUT2D eigenvalue weighted by molar-refractivity contribution is -0.121. The normalized spacial score (nSPS) is 12.2. The van der Waals surface area contributed by atoms with Crippen molar-refractivity contribution >= 4 is 17.7 Å². The van der Waals surface area contributed by atoms with E-state index in [2.05, 4.69) is 29.1 Å². The SMILES string of the molecule is Cc1ccc(S[C@@H](C(=O)NCc2cccnc2)C(C)C)nc1. The predicted octanol–water partition coefficient (Wildman–Crippen LogP) is 3.22. The first kappa shape index (κ1) is 16.5. The second-order valence-electron chi connectivity index (χ2n) is 5.54. The van der Waals surface area contributed by atoms with E-state index in [-0.39, 0.29) is 17.1 Å². The Morgan fingerprint density at radius 3 is 2.68 bits per heavy atom. The maximum absolute atomic E-state index is 12.4. The fourth-order valence-corrected chi connectivity index (χ4v) is 2.92. The Morgan fingerprint density at radius 2 is 2.09 bits per heavy atom. The number of rotatable bonds is 6. The van der Waals surface area contributed by atoms with Crippen LogP contribution in [-0.4, -0.2) is 21.1 Å². The van der Waals surface area contributed by atoms with Crippen LogP contribution in [0.1, 0.15) is 25.0 Å². The Balaban J connectivity index is 1.97. The van der Waals surface area contributed by atoms with E-state index in [1.54, 1.807) is 12.4 Å². The van der Waals surface area contributed by atoms with E-state index < -0.39 is 0 Å². The van der Waals surface area contributed by atoms with Gasteiger partial charge in [-0.3, -0.25) is 9.78 Å².